The molecule has 1 atom stereocenters. The Balaban J connectivity index is 2.87. The third-order valence-corrected chi connectivity index (χ3v) is 1.78. The molecule has 0 radical (unpaired) electrons. The van der Waals surface area contributed by atoms with Crippen LogP contribution in [0.4, 0.5) is 0 Å². The van der Waals surface area contributed by atoms with Gasteiger partial charge in [-0.05, 0) is 12.0 Å². The van der Waals surface area contributed by atoms with Gasteiger partial charge in [-0.15, -0.1) is 0 Å². The monoisotopic (exact) mass is 161 g/mol. The quantitative estimate of drug-likeness (QED) is 0.494. The lowest BCUT2D eigenvalue weighted by molar-refractivity contribution is 0.556. The highest BCUT2D eigenvalue weighted by molar-refractivity contribution is 5.35. The minimum absolute atomic E-state index is 0.0244. The minimum Gasteiger partial charge on any atom is -0.211 e. The molecule has 0 aliphatic rings. The zero-order chi connectivity index (χ0) is 8.81. The first-order valence-electron chi connectivity index (χ1n) is 4.00. The third kappa shape index (κ3) is 2.04. The molecule has 0 aliphatic carbocycles. The van der Waals surface area contributed by atoms with Crippen LogP contribution in [0.2, 0.25) is 0 Å². The zero-order valence-electron chi connectivity index (χ0n) is 7.03. The van der Waals surface area contributed by atoms with Crippen molar-refractivity contribution in [2.75, 3.05) is 0 Å². The van der Waals surface area contributed by atoms with Gasteiger partial charge in [0.05, 0.1) is 6.04 Å². The molecule has 1 aromatic rings. The van der Waals surface area contributed by atoms with E-state index < -0.39 is 0 Å². The lowest BCUT2D eigenvalue weighted by Gasteiger charge is -2.06. The maximum Gasteiger partial charge on any atom is 0.235 e. The molecule has 2 heteroatoms. The summed E-state index contributed by atoms with van der Waals surface area (Å²) in [6, 6.07) is 9.74. The summed E-state index contributed by atoms with van der Waals surface area (Å²) in [4.78, 5) is 13.8. The molecule has 2 nitrogen and oxygen atoms in total. The molecule has 0 N–H and O–H groups in total. The van der Waals surface area contributed by atoms with Crippen LogP contribution in [0.3, 0.4) is 0 Å². The summed E-state index contributed by atoms with van der Waals surface area (Å²) in [5, 5.41) is 0. The molecule has 0 aromatic heterocycles. The fourth-order valence-electron chi connectivity index (χ4n) is 1.14. The van der Waals surface area contributed by atoms with Crippen LogP contribution in [-0.4, -0.2) is 6.08 Å². The van der Waals surface area contributed by atoms with E-state index in [1.807, 2.05) is 37.3 Å². The molecule has 62 valence electrons. The average molecular weight is 161 g/mol. The summed E-state index contributed by atoms with van der Waals surface area (Å²) < 4.78 is 0. The lowest BCUT2D eigenvalue weighted by Crippen LogP contribution is -1.91. The SMILES string of the molecule is CC[C@@H](N=C=O)c1ccccc1. The van der Waals surface area contributed by atoms with Crippen molar-refractivity contribution < 1.29 is 4.79 Å². The third-order valence-electron chi connectivity index (χ3n) is 1.78. The second kappa shape index (κ2) is 4.47. The first-order valence-corrected chi connectivity index (χ1v) is 4.00. The van der Waals surface area contributed by atoms with Crippen LogP contribution < -0.4 is 0 Å². The highest BCUT2D eigenvalue weighted by Crippen LogP contribution is 2.19. The first-order chi connectivity index (χ1) is 5.88. The average Bonchev–Trinajstić information content (AvgIpc) is 2.15. The predicted octanol–water partition coefficient (Wildman–Crippen LogP) is 2.47. The Kier molecular flexibility index (Phi) is 3.24. The second-order valence-electron chi connectivity index (χ2n) is 2.56. The van der Waals surface area contributed by atoms with E-state index in [0.717, 1.165) is 12.0 Å². The summed E-state index contributed by atoms with van der Waals surface area (Å²) in [7, 11) is 0. The van der Waals surface area contributed by atoms with Gasteiger partial charge in [-0.1, -0.05) is 37.3 Å². The molecule has 0 aliphatic heterocycles. The molecule has 0 heterocycles. The van der Waals surface area contributed by atoms with Gasteiger partial charge < -0.3 is 0 Å². The normalized spacial score (nSPS) is 11.8. The Labute approximate surface area is 71.9 Å². The molecule has 0 unspecified atom stereocenters. The molecule has 1 rings (SSSR count). The Morgan fingerprint density at radius 2 is 2.08 bits per heavy atom. The molecule has 1 aromatic carbocycles. The molecule has 0 saturated carbocycles. The highest BCUT2D eigenvalue weighted by Gasteiger charge is 2.04. The summed E-state index contributed by atoms with van der Waals surface area (Å²) in [5.74, 6) is 0. The standard InChI is InChI=1S/C10H11NO/c1-2-10(11-8-12)9-6-4-3-5-7-9/h3-7,10H,2H2,1H3/t10-/m1/s1. The number of hydrogen-bond donors (Lipinski definition) is 0. The topological polar surface area (TPSA) is 29.4 Å². The second-order valence-corrected chi connectivity index (χ2v) is 2.56. The summed E-state index contributed by atoms with van der Waals surface area (Å²) in [6.45, 7) is 2.00. The van der Waals surface area contributed by atoms with Gasteiger partial charge in [0.15, 0.2) is 0 Å². The number of nitrogens with zero attached hydrogens (tertiary/aromatic N) is 1. The Morgan fingerprint density at radius 3 is 2.58 bits per heavy atom. The van der Waals surface area contributed by atoms with Gasteiger partial charge in [0.1, 0.15) is 0 Å². The molecule has 0 fully saturated rings. The summed E-state index contributed by atoms with van der Waals surface area (Å²) in [6.07, 6.45) is 2.42. The number of aliphatic imine (C=N–C) groups is 1. The van der Waals surface area contributed by atoms with Crippen LogP contribution >= 0.6 is 0 Å². The van der Waals surface area contributed by atoms with E-state index in [0.29, 0.717) is 0 Å². The fraction of sp³-hybridized carbons (Fsp3) is 0.300. The van der Waals surface area contributed by atoms with Crippen LogP contribution in [0, 0.1) is 0 Å². The van der Waals surface area contributed by atoms with E-state index in [9.17, 15) is 4.79 Å². The lowest BCUT2D eigenvalue weighted by atomic mass is 10.1. The van der Waals surface area contributed by atoms with Crippen LogP contribution in [0.1, 0.15) is 24.9 Å². The van der Waals surface area contributed by atoms with E-state index in [1.54, 1.807) is 6.08 Å². The van der Waals surface area contributed by atoms with Crippen LogP contribution in [0.5, 0.6) is 0 Å². The van der Waals surface area contributed by atoms with E-state index >= 15 is 0 Å². The van der Waals surface area contributed by atoms with Gasteiger partial charge in [-0.2, -0.15) is 4.99 Å². The largest absolute Gasteiger partial charge is 0.235 e. The number of benzene rings is 1. The van der Waals surface area contributed by atoms with Crippen molar-refractivity contribution in [3.05, 3.63) is 35.9 Å². The molecule has 0 bridgehead atoms. The smallest absolute Gasteiger partial charge is 0.211 e. The van der Waals surface area contributed by atoms with E-state index in [4.69, 9.17) is 0 Å². The fourth-order valence-corrected chi connectivity index (χ4v) is 1.14. The highest BCUT2D eigenvalue weighted by atomic mass is 16.1. The maximum absolute atomic E-state index is 10.1. The summed E-state index contributed by atoms with van der Waals surface area (Å²) in [5.41, 5.74) is 1.07. The van der Waals surface area contributed by atoms with Gasteiger partial charge in [-0.3, -0.25) is 0 Å². The van der Waals surface area contributed by atoms with Crippen molar-refractivity contribution in [2.45, 2.75) is 19.4 Å². The zero-order valence-corrected chi connectivity index (χ0v) is 7.03. The maximum atomic E-state index is 10.1. The van der Waals surface area contributed by atoms with Gasteiger partial charge >= 0.3 is 0 Å². The van der Waals surface area contributed by atoms with Crippen LogP contribution in [0.25, 0.3) is 0 Å². The number of hydrogen-bond acceptors (Lipinski definition) is 2. The van der Waals surface area contributed by atoms with Crippen molar-refractivity contribution in [2.24, 2.45) is 4.99 Å². The Bertz CT molecular complexity index is 275. The van der Waals surface area contributed by atoms with Gasteiger partial charge in [-0.25, -0.2) is 4.79 Å². The summed E-state index contributed by atoms with van der Waals surface area (Å²) >= 11 is 0. The molecule has 0 amide bonds. The predicted molar refractivity (Wildman–Crippen MR) is 47.6 cm³/mol. The first kappa shape index (κ1) is 8.69. The Morgan fingerprint density at radius 1 is 1.42 bits per heavy atom. The molecule has 0 spiro atoms. The number of isocyanates is 1. The van der Waals surface area contributed by atoms with Crippen LogP contribution in [-0.2, 0) is 4.79 Å². The van der Waals surface area contributed by atoms with Crippen molar-refractivity contribution in [3.8, 4) is 0 Å². The minimum atomic E-state index is -0.0244. The van der Waals surface area contributed by atoms with Gasteiger partial charge in [0, 0.05) is 0 Å². The van der Waals surface area contributed by atoms with Crippen LogP contribution in [0.15, 0.2) is 35.3 Å². The number of carbonyl (C=O) groups excluding carboxylic acids is 1. The van der Waals surface area contributed by atoms with Gasteiger partial charge in [0.2, 0.25) is 6.08 Å². The Hall–Kier alpha value is -1.40. The van der Waals surface area contributed by atoms with E-state index in [1.165, 1.54) is 0 Å². The van der Waals surface area contributed by atoms with Crippen molar-refractivity contribution >= 4 is 6.08 Å². The molecule has 12 heavy (non-hydrogen) atoms. The van der Waals surface area contributed by atoms with Crippen molar-refractivity contribution in [1.29, 1.82) is 0 Å². The van der Waals surface area contributed by atoms with E-state index in [2.05, 4.69) is 4.99 Å². The van der Waals surface area contributed by atoms with E-state index in [-0.39, 0.29) is 6.04 Å². The molecular weight excluding hydrogens is 150 g/mol. The van der Waals surface area contributed by atoms with Crippen molar-refractivity contribution in [3.63, 3.8) is 0 Å². The van der Waals surface area contributed by atoms with Crippen molar-refractivity contribution in [1.82, 2.24) is 0 Å². The van der Waals surface area contributed by atoms with Gasteiger partial charge in [0.25, 0.3) is 0 Å². The molecular formula is C10H11NO. The number of rotatable bonds is 3. The molecule has 0 saturated heterocycles.